The summed E-state index contributed by atoms with van der Waals surface area (Å²) in [5.74, 6) is -0.830. The number of thiophene rings is 1. The highest BCUT2D eigenvalue weighted by atomic mass is 32.1. The van der Waals surface area contributed by atoms with Crippen LogP contribution in [-0.2, 0) is 10.4 Å². The minimum atomic E-state index is -0.852. The molecule has 0 spiro atoms. The smallest absolute Gasteiger partial charge is 0.325 e. The van der Waals surface area contributed by atoms with Crippen molar-refractivity contribution in [2.24, 2.45) is 0 Å². The SMILES string of the molecule is O=C(O)C(c1ccsc1)N1CCC(O)(c2ccccc2)CC1. The summed E-state index contributed by atoms with van der Waals surface area (Å²) in [6, 6.07) is 10.9. The molecule has 1 aliphatic rings. The van der Waals surface area contributed by atoms with Crippen molar-refractivity contribution in [2.75, 3.05) is 13.1 Å². The Balaban J connectivity index is 1.75. The second-order valence-corrected chi connectivity index (χ2v) is 6.51. The quantitative estimate of drug-likeness (QED) is 0.910. The number of hydrogen-bond acceptors (Lipinski definition) is 4. The molecule has 2 N–H and O–H groups in total. The zero-order valence-corrected chi connectivity index (χ0v) is 13.0. The molecule has 2 aromatic rings. The van der Waals surface area contributed by atoms with E-state index in [1.807, 2.05) is 52.1 Å². The van der Waals surface area contributed by atoms with E-state index in [-0.39, 0.29) is 0 Å². The van der Waals surface area contributed by atoms with Gasteiger partial charge in [-0.05, 0) is 40.8 Å². The summed E-state index contributed by atoms with van der Waals surface area (Å²) in [6.07, 6.45) is 1.09. The average molecular weight is 317 g/mol. The lowest BCUT2D eigenvalue weighted by Crippen LogP contribution is -2.45. The molecule has 0 saturated carbocycles. The second-order valence-electron chi connectivity index (χ2n) is 5.73. The number of hydrogen-bond donors (Lipinski definition) is 2. The maximum Gasteiger partial charge on any atom is 0.325 e. The van der Waals surface area contributed by atoms with Gasteiger partial charge in [-0.25, -0.2) is 0 Å². The van der Waals surface area contributed by atoms with Crippen LogP contribution in [0.4, 0.5) is 0 Å². The predicted octanol–water partition coefficient (Wildman–Crippen LogP) is 2.86. The van der Waals surface area contributed by atoms with Crippen LogP contribution in [0.2, 0.25) is 0 Å². The Labute approximate surface area is 133 Å². The molecule has 2 heterocycles. The van der Waals surface area contributed by atoms with E-state index >= 15 is 0 Å². The van der Waals surface area contributed by atoms with Crippen LogP contribution in [0.15, 0.2) is 47.2 Å². The second kappa shape index (κ2) is 6.20. The number of rotatable bonds is 4. The van der Waals surface area contributed by atoms with Crippen LogP contribution in [-0.4, -0.2) is 34.2 Å². The number of aliphatic carboxylic acids is 1. The molecule has 1 aliphatic heterocycles. The Bertz CT molecular complexity index is 619. The van der Waals surface area contributed by atoms with Gasteiger partial charge in [0.25, 0.3) is 0 Å². The Morgan fingerprint density at radius 1 is 1.18 bits per heavy atom. The van der Waals surface area contributed by atoms with E-state index in [2.05, 4.69) is 0 Å². The van der Waals surface area contributed by atoms with E-state index in [1.54, 1.807) is 0 Å². The molecule has 4 nitrogen and oxygen atoms in total. The van der Waals surface area contributed by atoms with Gasteiger partial charge in [0.2, 0.25) is 0 Å². The number of piperidine rings is 1. The highest BCUT2D eigenvalue weighted by molar-refractivity contribution is 7.08. The van der Waals surface area contributed by atoms with Gasteiger partial charge in [-0.3, -0.25) is 9.69 Å². The fourth-order valence-electron chi connectivity index (χ4n) is 3.13. The standard InChI is InChI=1S/C17H19NO3S/c19-16(20)15(13-6-11-22-12-13)18-9-7-17(21,8-10-18)14-4-2-1-3-5-14/h1-6,11-12,15,21H,7-10H2,(H,19,20). The van der Waals surface area contributed by atoms with Crippen molar-refractivity contribution in [2.45, 2.75) is 24.5 Å². The van der Waals surface area contributed by atoms with Gasteiger partial charge in [0.05, 0.1) is 5.60 Å². The summed E-state index contributed by atoms with van der Waals surface area (Å²) in [4.78, 5) is 13.6. The van der Waals surface area contributed by atoms with Crippen molar-refractivity contribution in [3.63, 3.8) is 0 Å². The molecule has 1 unspecified atom stereocenters. The first kappa shape index (κ1) is 15.2. The molecule has 1 aromatic carbocycles. The highest BCUT2D eigenvalue weighted by Gasteiger charge is 2.38. The first-order valence-electron chi connectivity index (χ1n) is 7.37. The van der Waals surface area contributed by atoms with E-state index in [0.29, 0.717) is 25.9 Å². The number of carbonyl (C=O) groups is 1. The summed E-state index contributed by atoms with van der Waals surface area (Å²) in [6.45, 7) is 1.14. The minimum Gasteiger partial charge on any atom is -0.480 e. The van der Waals surface area contributed by atoms with Gasteiger partial charge in [-0.15, -0.1) is 0 Å². The molecule has 1 saturated heterocycles. The molecule has 22 heavy (non-hydrogen) atoms. The van der Waals surface area contributed by atoms with E-state index in [4.69, 9.17) is 0 Å². The zero-order chi connectivity index (χ0) is 15.6. The Hall–Kier alpha value is -1.69. The zero-order valence-electron chi connectivity index (χ0n) is 12.2. The van der Waals surface area contributed by atoms with E-state index in [1.165, 1.54) is 11.3 Å². The third-order valence-corrected chi connectivity index (χ3v) is 5.10. The average Bonchev–Trinajstić information content (AvgIpc) is 3.04. The monoisotopic (exact) mass is 317 g/mol. The fraction of sp³-hybridized carbons (Fsp3) is 0.353. The summed E-state index contributed by atoms with van der Waals surface area (Å²) in [5.41, 5.74) is 0.884. The lowest BCUT2D eigenvalue weighted by molar-refractivity contribution is -0.145. The molecule has 1 aromatic heterocycles. The number of aliphatic hydroxyl groups is 1. The number of likely N-dealkylation sites (tertiary alicyclic amines) is 1. The van der Waals surface area contributed by atoms with Crippen molar-refractivity contribution < 1.29 is 15.0 Å². The minimum absolute atomic E-state index is 0.547. The number of nitrogens with zero attached hydrogens (tertiary/aromatic N) is 1. The molecular formula is C17H19NO3S. The van der Waals surface area contributed by atoms with Gasteiger partial charge in [-0.2, -0.15) is 11.3 Å². The van der Waals surface area contributed by atoms with E-state index in [9.17, 15) is 15.0 Å². The van der Waals surface area contributed by atoms with Gasteiger partial charge < -0.3 is 10.2 Å². The topological polar surface area (TPSA) is 60.8 Å². The summed E-state index contributed by atoms with van der Waals surface area (Å²) < 4.78 is 0. The summed E-state index contributed by atoms with van der Waals surface area (Å²) in [5, 5.41) is 24.2. The van der Waals surface area contributed by atoms with Gasteiger partial charge in [0, 0.05) is 13.1 Å². The molecule has 0 radical (unpaired) electrons. The van der Waals surface area contributed by atoms with Crippen molar-refractivity contribution in [3.05, 3.63) is 58.3 Å². The maximum absolute atomic E-state index is 11.6. The summed E-state index contributed by atoms with van der Waals surface area (Å²) >= 11 is 1.51. The van der Waals surface area contributed by atoms with Crippen molar-refractivity contribution in [1.29, 1.82) is 0 Å². The Morgan fingerprint density at radius 2 is 1.86 bits per heavy atom. The molecule has 0 aliphatic carbocycles. The molecule has 5 heteroatoms. The Kier molecular flexibility index (Phi) is 4.29. The van der Waals surface area contributed by atoms with Crippen LogP contribution in [0.25, 0.3) is 0 Å². The molecule has 0 bridgehead atoms. The van der Waals surface area contributed by atoms with Crippen LogP contribution in [0, 0.1) is 0 Å². The van der Waals surface area contributed by atoms with Crippen LogP contribution in [0.5, 0.6) is 0 Å². The summed E-state index contributed by atoms with van der Waals surface area (Å²) in [7, 11) is 0. The molecule has 1 fully saturated rings. The normalized spacial score (nSPS) is 19.7. The lowest BCUT2D eigenvalue weighted by Gasteiger charge is -2.40. The van der Waals surface area contributed by atoms with Crippen molar-refractivity contribution in [3.8, 4) is 0 Å². The maximum atomic E-state index is 11.6. The molecule has 3 rings (SSSR count). The third-order valence-electron chi connectivity index (χ3n) is 4.39. The first-order valence-corrected chi connectivity index (χ1v) is 8.31. The van der Waals surface area contributed by atoms with Crippen LogP contribution < -0.4 is 0 Å². The van der Waals surface area contributed by atoms with Crippen molar-refractivity contribution in [1.82, 2.24) is 4.90 Å². The van der Waals surface area contributed by atoms with E-state index < -0.39 is 17.6 Å². The van der Waals surface area contributed by atoms with Gasteiger partial charge in [-0.1, -0.05) is 30.3 Å². The number of carboxylic acids is 1. The third kappa shape index (κ3) is 2.92. The largest absolute Gasteiger partial charge is 0.480 e. The number of carboxylic acid groups (broad SMARTS) is 1. The number of benzene rings is 1. The first-order chi connectivity index (χ1) is 10.6. The lowest BCUT2D eigenvalue weighted by atomic mass is 9.84. The Morgan fingerprint density at radius 3 is 2.41 bits per heavy atom. The van der Waals surface area contributed by atoms with Gasteiger partial charge >= 0.3 is 5.97 Å². The molecule has 0 amide bonds. The van der Waals surface area contributed by atoms with Crippen LogP contribution in [0.1, 0.15) is 30.0 Å². The van der Waals surface area contributed by atoms with E-state index in [0.717, 1.165) is 11.1 Å². The molecule has 116 valence electrons. The van der Waals surface area contributed by atoms with Crippen molar-refractivity contribution >= 4 is 17.3 Å². The highest BCUT2D eigenvalue weighted by Crippen LogP contribution is 2.36. The van der Waals surface area contributed by atoms with Gasteiger partial charge in [0.1, 0.15) is 6.04 Å². The van der Waals surface area contributed by atoms with Gasteiger partial charge in [0.15, 0.2) is 0 Å². The molecule has 1 atom stereocenters. The molecular weight excluding hydrogens is 298 g/mol. The van der Waals surface area contributed by atoms with Crippen LogP contribution >= 0.6 is 11.3 Å². The fourth-order valence-corrected chi connectivity index (χ4v) is 3.81. The van der Waals surface area contributed by atoms with Crippen LogP contribution in [0.3, 0.4) is 0 Å². The predicted molar refractivity (Wildman–Crippen MR) is 85.8 cm³/mol.